The molecule has 0 amide bonds. The number of aromatic amines is 1. The largest absolute Gasteiger partial charge is 0.345 e. The lowest BCUT2D eigenvalue weighted by molar-refractivity contribution is 1.26. The van der Waals surface area contributed by atoms with Gasteiger partial charge in [-0.05, 0) is 24.3 Å². The second kappa shape index (κ2) is 4.31. The minimum Gasteiger partial charge on any atom is -0.345 e. The molecule has 96 valence electrons. The zero-order chi connectivity index (χ0) is 13.4. The molecule has 0 saturated carbocycles. The quantitative estimate of drug-likeness (QED) is 0.708. The highest BCUT2D eigenvalue weighted by Gasteiger charge is 2.11. The predicted octanol–water partition coefficient (Wildman–Crippen LogP) is 2.80. The summed E-state index contributed by atoms with van der Waals surface area (Å²) in [4.78, 5) is 11.7. The van der Waals surface area contributed by atoms with E-state index in [-0.39, 0.29) is 0 Å². The maximum absolute atomic E-state index is 4.43. The maximum Gasteiger partial charge on any atom is 0.114 e. The van der Waals surface area contributed by atoms with Crippen molar-refractivity contribution in [1.82, 2.24) is 15.0 Å². The van der Waals surface area contributed by atoms with E-state index in [1.807, 2.05) is 42.5 Å². The highest BCUT2D eigenvalue weighted by Crippen LogP contribution is 2.27. The van der Waals surface area contributed by atoms with Gasteiger partial charge in [0.1, 0.15) is 11.2 Å². The van der Waals surface area contributed by atoms with Gasteiger partial charge in [-0.3, -0.25) is 10.4 Å². The number of fused-ring (bicyclic) bond motifs is 3. The van der Waals surface area contributed by atoms with E-state index in [1.165, 1.54) is 0 Å². The van der Waals surface area contributed by atoms with E-state index in [1.54, 1.807) is 12.5 Å². The molecule has 0 saturated heterocycles. The number of hydrogen-bond acceptors (Lipinski definition) is 4. The lowest BCUT2D eigenvalue weighted by atomic mass is 10.1. The Bertz CT molecular complexity index is 830. The lowest BCUT2D eigenvalue weighted by Crippen LogP contribution is -2.02. The number of imidazole rings is 1. The summed E-state index contributed by atoms with van der Waals surface area (Å²) in [7, 11) is 0. The lowest BCUT2D eigenvalue weighted by Gasteiger charge is -2.04. The summed E-state index contributed by atoms with van der Waals surface area (Å²) in [5.41, 5.74) is 8.58. The smallest absolute Gasteiger partial charge is 0.114 e. The number of anilines is 1. The molecule has 2 N–H and O–H groups in total. The zero-order valence-corrected chi connectivity index (χ0v) is 10.5. The molecule has 3 aromatic rings. The van der Waals surface area contributed by atoms with Gasteiger partial charge >= 0.3 is 0 Å². The maximum atomic E-state index is 4.43. The summed E-state index contributed by atoms with van der Waals surface area (Å²) in [6, 6.07) is 9.82. The molecule has 1 aromatic carbocycles. The van der Waals surface area contributed by atoms with Gasteiger partial charge < -0.3 is 4.98 Å². The average Bonchev–Trinajstić information content (AvgIpc) is 2.87. The van der Waals surface area contributed by atoms with Crippen LogP contribution in [0, 0.1) is 0 Å². The molecule has 5 nitrogen and oxygen atoms in total. The van der Waals surface area contributed by atoms with E-state index in [2.05, 4.69) is 25.5 Å². The molecule has 0 fully saturated rings. The summed E-state index contributed by atoms with van der Waals surface area (Å²) in [6.07, 6.45) is 7.43. The van der Waals surface area contributed by atoms with Crippen molar-refractivity contribution in [1.29, 1.82) is 0 Å². The number of nitrogens with zero attached hydrogens (tertiary/aromatic N) is 3. The molecule has 3 heterocycles. The van der Waals surface area contributed by atoms with Crippen LogP contribution in [0.1, 0.15) is 11.3 Å². The summed E-state index contributed by atoms with van der Waals surface area (Å²) in [5, 5.41) is 4.43. The van der Waals surface area contributed by atoms with Gasteiger partial charge in [-0.15, -0.1) is 0 Å². The minimum atomic E-state index is 0.797. The van der Waals surface area contributed by atoms with Crippen LogP contribution in [-0.2, 0) is 0 Å². The van der Waals surface area contributed by atoms with Gasteiger partial charge in [0.15, 0.2) is 0 Å². The molecule has 0 aliphatic carbocycles. The first-order chi connectivity index (χ1) is 9.92. The van der Waals surface area contributed by atoms with Crippen molar-refractivity contribution in [3.63, 3.8) is 0 Å². The molecule has 0 atom stereocenters. The number of benzene rings is 1. The molecule has 0 radical (unpaired) electrons. The fourth-order valence-corrected chi connectivity index (χ4v) is 2.26. The van der Waals surface area contributed by atoms with Crippen molar-refractivity contribution < 1.29 is 0 Å². The summed E-state index contributed by atoms with van der Waals surface area (Å²) in [5.74, 6) is 0. The normalized spacial score (nSPS) is 13.5. The third-order valence-corrected chi connectivity index (χ3v) is 3.26. The molecule has 2 aromatic heterocycles. The van der Waals surface area contributed by atoms with Crippen LogP contribution in [0.3, 0.4) is 0 Å². The Kier molecular flexibility index (Phi) is 2.35. The van der Waals surface area contributed by atoms with Crippen LogP contribution in [-0.4, -0.2) is 20.7 Å². The van der Waals surface area contributed by atoms with E-state index in [0.29, 0.717) is 0 Å². The molecule has 4 rings (SSSR count). The molecular formula is C15H11N5. The van der Waals surface area contributed by atoms with E-state index in [4.69, 9.17) is 0 Å². The molecule has 0 spiro atoms. The van der Waals surface area contributed by atoms with Gasteiger partial charge in [0.25, 0.3) is 0 Å². The number of hydrazone groups is 1. The third-order valence-electron chi connectivity index (χ3n) is 3.26. The fraction of sp³-hybridized carbons (Fsp3) is 0. The monoisotopic (exact) mass is 261 g/mol. The number of allylic oxidation sites excluding steroid dienone is 1. The molecule has 20 heavy (non-hydrogen) atoms. The van der Waals surface area contributed by atoms with Crippen molar-refractivity contribution in [2.24, 2.45) is 5.10 Å². The summed E-state index contributed by atoms with van der Waals surface area (Å²) < 4.78 is 0. The molecular weight excluding hydrogens is 250 g/mol. The molecule has 5 heteroatoms. The second-order valence-electron chi connectivity index (χ2n) is 4.49. The van der Waals surface area contributed by atoms with Gasteiger partial charge in [-0.1, -0.05) is 18.2 Å². The SMILES string of the molecule is C1=Cc2ccc3[nH]cnc3c2NN=C1c1ccccn1. The average molecular weight is 261 g/mol. The van der Waals surface area contributed by atoms with Gasteiger partial charge in [0.05, 0.1) is 23.2 Å². The Morgan fingerprint density at radius 3 is 2.85 bits per heavy atom. The van der Waals surface area contributed by atoms with Crippen molar-refractivity contribution in [2.75, 3.05) is 5.43 Å². The van der Waals surface area contributed by atoms with Crippen LogP contribution in [0.2, 0.25) is 0 Å². The number of H-pyrrole nitrogens is 1. The van der Waals surface area contributed by atoms with Gasteiger partial charge in [-0.25, -0.2) is 4.98 Å². The number of aromatic nitrogens is 3. The second-order valence-corrected chi connectivity index (χ2v) is 4.49. The fourth-order valence-electron chi connectivity index (χ4n) is 2.26. The standard InChI is InChI=1S/C15H11N5/c1-2-8-16-11(3-1)12-6-4-10-5-7-13-15(18-9-17-13)14(10)20-19-12/h1-9,20H,(H,17,18). The van der Waals surface area contributed by atoms with Crippen LogP contribution in [0.4, 0.5) is 5.69 Å². The molecule has 1 aliphatic heterocycles. The minimum absolute atomic E-state index is 0.797. The first-order valence-electron chi connectivity index (χ1n) is 6.31. The third kappa shape index (κ3) is 1.68. The Hall–Kier alpha value is -2.95. The number of pyridine rings is 1. The van der Waals surface area contributed by atoms with Crippen LogP contribution in [0.25, 0.3) is 17.1 Å². The van der Waals surface area contributed by atoms with Crippen molar-refractivity contribution in [3.05, 3.63) is 60.2 Å². The molecule has 1 aliphatic rings. The Morgan fingerprint density at radius 1 is 0.950 bits per heavy atom. The molecule has 0 unspecified atom stereocenters. The highest BCUT2D eigenvalue weighted by molar-refractivity contribution is 6.11. The topological polar surface area (TPSA) is 66.0 Å². The van der Waals surface area contributed by atoms with Crippen LogP contribution in [0.5, 0.6) is 0 Å². The van der Waals surface area contributed by atoms with Gasteiger partial charge in [-0.2, -0.15) is 5.10 Å². The highest BCUT2D eigenvalue weighted by atomic mass is 15.3. The summed E-state index contributed by atoms with van der Waals surface area (Å²) >= 11 is 0. The number of nitrogens with one attached hydrogen (secondary N) is 2. The van der Waals surface area contributed by atoms with Crippen molar-refractivity contribution >= 4 is 28.5 Å². The van der Waals surface area contributed by atoms with E-state index < -0.39 is 0 Å². The summed E-state index contributed by atoms with van der Waals surface area (Å²) in [6.45, 7) is 0. The van der Waals surface area contributed by atoms with Crippen LogP contribution < -0.4 is 5.43 Å². The Labute approximate surface area is 115 Å². The zero-order valence-electron chi connectivity index (χ0n) is 10.5. The van der Waals surface area contributed by atoms with Crippen LogP contribution in [0.15, 0.2) is 54.0 Å². The van der Waals surface area contributed by atoms with E-state index in [9.17, 15) is 0 Å². The van der Waals surface area contributed by atoms with Gasteiger partial charge in [0, 0.05) is 11.8 Å². The number of rotatable bonds is 1. The van der Waals surface area contributed by atoms with E-state index >= 15 is 0 Å². The first kappa shape index (κ1) is 10.9. The predicted molar refractivity (Wildman–Crippen MR) is 79.5 cm³/mol. The van der Waals surface area contributed by atoms with Crippen molar-refractivity contribution in [2.45, 2.75) is 0 Å². The van der Waals surface area contributed by atoms with Crippen molar-refractivity contribution in [3.8, 4) is 0 Å². The Balaban J connectivity index is 1.84. The number of hydrogen-bond donors (Lipinski definition) is 2. The van der Waals surface area contributed by atoms with Crippen LogP contribution >= 0.6 is 0 Å². The van der Waals surface area contributed by atoms with E-state index in [0.717, 1.165) is 33.7 Å². The Morgan fingerprint density at radius 2 is 1.95 bits per heavy atom. The first-order valence-corrected chi connectivity index (χ1v) is 6.31. The molecule has 0 bridgehead atoms. The van der Waals surface area contributed by atoms with Gasteiger partial charge in [0.2, 0.25) is 0 Å².